The number of nitrogens with zero attached hydrogens (tertiary/aromatic N) is 1. The fourth-order valence-corrected chi connectivity index (χ4v) is 4.63. The zero-order valence-electron chi connectivity index (χ0n) is 18.1. The number of amides is 1. The van der Waals surface area contributed by atoms with Crippen LogP contribution in [-0.4, -0.2) is 27.5 Å². The van der Waals surface area contributed by atoms with Gasteiger partial charge in [-0.1, -0.05) is 35.4 Å². The normalized spacial score (nSPS) is 11.1. The summed E-state index contributed by atoms with van der Waals surface area (Å²) in [6.07, 6.45) is 0. The van der Waals surface area contributed by atoms with Gasteiger partial charge in [0, 0.05) is 10.7 Å². The topological polar surface area (TPSA) is 75.7 Å². The monoisotopic (exact) mass is 472 g/mol. The van der Waals surface area contributed by atoms with Crippen LogP contribution in [0.4, 0.5) is 11.4 Å². The van der Waals surface area contributed by atoms with Crippen LogP contribution in [0.1, 0.15) is 18.1 Å². The lowest BCUT2D eigenvalue weighted by molar-refractivity contribution is -0.114. The molecule has 0 atom stereocenters. The standard InChI is InChI=1S/C24H25ClN2O4S/c1-4-31-21-11-13-22(14-12-21)32(29,30)27(20-9-5-17(2)6-10-20)16-24(28)26-19-8-7-18(3)23(25)15-19/h5-15H,4,16H2,1-3H3,(H,26,28). The zero-order chi connectivity index (χ0) is 23.3. The van der Waals surface area contributed by atoms with Crippen molar-refractivity contribution in [3.8, 4) is 5.75 Å². The van der Waals surface area contributed by atoms with Crippen LogP contribution in [0.3, 0.4) is 0 Å². The van der Waals surface area contributed by atoms with E-state index in [0.717, 1.165) is 15.4 Å². The number of hydrogen-bond acceptors (Lipinski definition) is 4. The number of carbonyl (C=O) groups is 1. The van der Waals surface area contributed by atoms with Gasteiger partial charge in [-0.2, -0.15) is 0 Å². The van der Waals surface area contributed by atoms with Crippen LogP contribution in [0, 0.1) is 13.8 Å². The van der Waals surface area contributed by atoms with Crippen LogP contribution in [0.15, 0.2) is 71.6 Å². The summed E-state index contributed by atoms with van der Waals surface area (Å²) < 4.78 is 33.4. The first kappa shape index (κ1) is 23.6. The molecule has 0 aromatic heterocycles. The number of rotatable bonds is 8. The third kappa shape index (κ3) is 5.60. The van der Waals surface area contributed by atoms with Gasteiger partial charge in [0.1, 0.15) is 12.3 Å². The van der Waals surface area contributed by atoms with Gasteiger partial charge in [-0.3, -0.25) is 9.10 Å². The van der Waals surface area contributed by atoms with E-state index < -0.39 is 22.5 Å². The molecule has 32 heavy (non-hydrogen) atoms. The summed E-state index contributed by atoms with van der Waals surface area (Å²) in [5.41, 5.74) is 2.74. The number of carbonyl (C=O) groups excluding carboxylic acids is 1. The van der Waals surface area contributed by atoms with Gasteiger partial charge < -0.3 is 10.1 Å². The van der Waals surface area contributed by atoms with Gasteiger partial charge >= 0.3 is 0 Å². The Kier molecular flexibility index (Phi) is 7.43. The number of ether oxygens (including phenoxy) is 1. The van der Waals surface area contributed by atoms with E-state index in [1.165, 1.54) is 12.1 Å². The van der Waals surface area contributed by atoms with Gasteiger partial charge in [-0.25, -0.2) is 8.42 Å². The fraction of sp³-hybridized carbons (Fsp3) is 0.208. The van der Waals surface area contributed by atoms with Crippen LogP contribution < -0.4 is 14.4 Å². The van der Waals surface area contributed by atoms with Crippen LogP contribution >= 0.6 is 11.6 Å². The molecule has 0 spiro atoms. The molecule has 3 rings (SSSR count). The molecule has 168 valence electrons. The van der Waals surface area contributed by atoms with Crippen LogP contribution in [0.25, 0.3) is 0 Å². The summed E-state index contributed by atoms with van der Waals surface area (Å²) in [5, 5.41) is 3.24. The van der Waals surface area contributed by atoms with Crippen molar-refractivity contribution in [3.05, 3.63) is 82.9 Å². The minimum atomic E-state index is -4.01. The second-order valence-corrected chi connectivity index (χ2v) is 9.53. The van der Waals surface area contributed by atoms with Crippen molar-refractivity contribution in [1.82, 2.24) is 0 Å². The van der Waals surface area contributed by atoms with Crippen molar-refractivity contribution >= 4 is 38.9 Å². The van der Waals surface area contributed by atoms with E-state index >= 15 is 0 Å². The molecule has 0 heterocycles. The first-order chi connectivity index (χ1) is 15.2. The smallest absolute Gasteiger partial charge is 0.264 e. The molecule has 3 aromatic carbocycles. The lowest BCUT2D eigenvalue weighted by Gasteiger charge is -2.24. The van der Waals surface area contributed by atoms with Gasteiger partial charge in [0.15, 0.2) is 0 Å². The third-order valence-electron chi connectivity index (χ3n) is 4.79. The lowest BCUT2D eigenvalue weighted by Crippen LogP contribution is -2.38. The minimum Gasteiger partial charge on any atom is -0.494 e. The van der Waals surface area contributed by atoms with E-state index in [1.807, 2.05) is 20.8 Å². The molecule has 0 aliphatic rings. The number of aryl methyl sites for hydroxylation is 2. The second-order valence-electron chi connectivity index (χ2n) is 7.26. The van der Waals surface area contributed by atoms with E-state index in [0.29, 0.717) is 28.8 Å². The fourth-order valence-electron chi connectivity index (χ4n) is 3.03. The molecular formula is C24H25ClN2O4S. The molecule has 0 bridgehead atoms. The summed E-state index contributed by atoms with van der Waals surface area (Å²) in [6, 6.07) is 18.2. The molecule has 8 heteroatoms. The van der Waals surface area contributed by atoms with E-state index in [4.69, 9.17) is 16.3 Å². The van der Waals surface area contributed by atoms with E-state index in [-0.39, 0.29) is 4.90 Å². The quantitative estimate of drug-likeness (QED) is 0.489. The Hall–Kier alpha value is -3.03. The van der Waals surface area contributed by atoms with Crippen LogP contribution in [0.5, 0.6) is 5.75 Å². The number of sulfonamides is 1. The molecule has 0 radical (unpaired) electrons. The second kappa shape index (κ2) is 10.1. The Morgan fingerprint density at radius 2 is 1.66 bits per heavy atom. The largest absolute Gasteiger partial charge is 0.494 e. The van der Waals surface area contributed by atoms with Gasteiger partial charge in [-0.05, 0) is 74.9 Å². The predicted molar refractivity (Wildman–Crippen MR) is 128 cm³/mol. The molecule has 0 aliphatic carbocycles. The summed E-state index contributed by atoms with van der Waals surface area (Å²) >= 11 is 6.13. The first-order valence-corrected chi connectivity index (χ1v) is 11.9. The van der Waals surface area contributed by atoms with E-state index in [9.17, 15) is 13.2 Å². The summed E-state index contributed by atoms with van der Waals surface area (Å²) in [4.78, 5) is 12.9. The van der Waals surface area contributed by atoms with Crippen molar-refractivity contribution in [2.45, 2.75) is 25.7 Å². The van der Waals surface area contributed by atoms with E-state index in [1.54, 1.807) is 54.6 Å². The van der Waals surface area contributed by atoms with Gasteiger partial charge in [0.2, 0.25) is 5.91 Å². The van der Waals surface area contributed by atoms with Crippen molar-refractivity contribution in [2.24, 2.45) is 0 Å². The van der Waals surface area contributed by atoms with Crippen molar-refractivity contribution in [2.75, 3.05) is 22.8 Å². The van der Waals surface area contributed by atoms with Crippen molar-refractivity contribution in [1.29, 1.82) is 0 Å². The van der Waals surface area contributed by atoms with Crippen molar-refractivity contribution in [3.63, 3.8) is 0 Å². The van der Waals surface area contributed by atoms with Crippen LogP contribution in [0.2, 0.25) is 5.02 Å². The SMILES string of the molecule is CCOc1ccc(S(=O)(=O)N(CC(=O)Nc2ccc(C)c(Cl)c2)c2ccc(C)cc2)cc1. The Morgan fingerprint density at radius 3 is 2.25 bits per heavy atom. The molecule has 0 unspecified atom stereocenters. The molecule has 0 saturated carbocycles. The number of anilines is 2. The Bertz CT molecular complexity index is 1190. The molecule has 3 aromatic rings. The van der Waals surface area contributed by atoms with Crippen molar-refractivity contribution < 1.29 is 17.9 Å². The number of nitrogens with one attached hydrogen (secondary N) is 1. The highest BCUT2D eigenvalue weighted by Gasteiger charge is 2.27. The molecule has 0 fully saturated rings. The highest BCUT2D eigenvalue weighted by Crippen LogP contribution is 2.26. The van der Waals surface area contributed by atoms with Gasteiger partial charge in [0.25, 0.3) is 10.0 Å². The van der Waals surface area contributed by atoms with E-state index in [2.05, 4.69) is 5.32 Å². The molecule has 1 amide bonds. The predicted octanol–water partition coefficient (Wildman–Crippen LogP) is 5.19. The van der Waals surface area contributed by atoms with Crippen LogP contribution in [-0.2, 0) is 14.8 Å². The maximum absolute atomic E-state index is 13.5. The third-order valence-corrected chi connectivity index (χ3v) is 6.98. The average molecular weight is 473 g/mol. The van der Waals surface area contributed by atoms with Gasteiger partial charge in [0.05, 0.1) is 17.2 Å². The number of hydrogen-bond donors (Lipinski definition) is 1. The first-order valence-electron chi connectivity index (χ1n) is 10.1. The summed E-state index contributed by atoms with van der Waals surface area (Å²) in [6.45, 7) is 5.69. The molecular weight excluding hydrogens is 448 g/mol. The number of benzene rings is 3. The maximum Gasteiger partial charge on any atom is 0.264 e. The molecule has 0 aliphatic heterocycles. The summed E-state index contributed by atoms with van der Waals surface area (Å²) in [7, 11) is -4.01. The Balaban J connectivity index is 1.91. The highest BCUT2D eigenvalue weighted by atomic mass is 35.5. The summed E-state index contributed by atoms with van der Waals surface area (Å²) in [5.74, 6) is 0.0855. The molecule has 0 saturated heterocycles. The Morgan fingerprint density at radius 1 is 1.00 bits per heavy atom. The minimum absolute atomic E-state index is 0.0627. The highest BCUT2D eigenvalue weighted by molar-refractivity contribution is 7.92. The lowest BCUT2D eigenvalue weighted by atomic mass is 10.2. The average Bonchev–Trinajstić information content (AvgIpc) is 2.76. The van der Waals surface area contributed by atoms with Gasteiger partial charge in [-0.15, -0.1) is 0 Å². The zero-order valence-corrected chi connectivity index (χ0v) is 19.7. The maximum atomic E-state index is 13.5. The molecule has 6 nitrogen and oxygen atoms in total. The number of halogens is 1. The molecule has 1 N–H and O–H groups in total. The Labute approximate surface area is 193 Å².